The van der Waals surface area contributed by atoms with Gasteiger partial charge in [-0.2, -0.15) is 0 Å². The lowest BCUT2D eigenvalue weighted by molar-refractivity contribution is 0.0955. The van der Waals surface area contributed by atoms with E-state index in [1.165, 1.54) is 0 Å². The molecule has 0 unspecified atom stereocenters. The van der Waals surface area contributed by atoms with Crippen LogP contribution in [0.25, 0.3) is 0 Å². The van der Waals surface area contributed by atoms with Crippen LogP contribution in [0.2, 0.25) is 0 Å². The van der Waals surface area contributed by atoms with Crippen LogP contribution in [0.1, 0.15) is 35.7 Å². The predicted octanol–water partition coefficient (Wildman–Crippen LogP) is 1.69. The molecule has 9 heteroatoms. The molecule has 0 spiro atoms. The first kappa shape index (κ1) is 23.0. The Hall–Kier alpha value is -2.04. The molecule has 1 fully saturated rings. The van der Waals surface area contributed by atoms with Gasteiger partial charge in [0.2, 0.25) is 0 Å². The molecule has 27 heavy (non-hydrogen) atoms. The molecule has 1 saturated heterocycles. The number of hydrogen-bond acceptors (Lipinski definition) is 4. The highest BCUT2D eigenvalue weighted by molar-refractivity contribution is 14.0. The number of carbonyl (C=O) groups excluding carboxylic acids is 2. The molecular weight excluding hydrogens is 461 g/mol. The Bertz CT molecular complexity index is 643. The molecule has 0 aromatic heterocycles. The summed E-state index contributed by atoms with van der Waals surface area (Å²) in [5.41, 5.74) is 7.55. The van der Waals surface area contributed by atoms with E-state index in [1.807, 2.05) is 12.1 Å². The van der Waals surface area contributed by atoms with Crippen molar-refractivity contribution >= 4 is 41.9 Å². The largest absolute Gasteiger partial charge is 0.450 e. The van der Waals surface area contributed by atoms with Gasteiger partial charge in [-0.3, -0.25) is 4.79 Å². The lowest BCUT2D eigenvalue weighted by Crippen LogP contribution is -2.48. The molecule has 0 aliphatic carbocycles. The zero-order valence-electron chi connectivity index (χ0n) is 15.7. The number of amides is 2. The summed E-state index contributed by atoms with van der Waals surface area (Å²) < 4.78 is 5.01. The average Bonchev–Trinajstić information content (AvgIpc) is 2.67. The van der Waals surface area contributed by atoms with Crippen LogP contribution in [-0.4, -0.2) is 55.6 Å². The van der Waals surface area contributed by atoms with Crippen molar-refractivity contribution in [2.24, 2.45) is 10.7 Å². The van der Waals surface area contributed by atoms with Gasteiger partial charge < -0.3 is 26.0 Å². The Morgan fingerprint density at radius 1 is 1.26 bits per heavy atom. The molecule has 2 rings (SSSR count). The molecule has 150 valence electrons. The third-order valence-corrected chi connectivity index (χ3v) is 4.25. The fourth-order valence-corrected chi connectivity index (χ4v) is 2.76. The van der Waals surface area contributed by atoms with Crippen LogP contribution >= 0.6 is 24.0 Å². The molecule has 0 bridgehead atoms. The van der Waals surface area contributed by atoms with Crippen molar-refractivity contribution in [3.05, 3.63) is 35.4 Å². The summed E-state index contributed by atoms with van der Waals surface area (Å²) in [5.74, 6) is 0.269. The number of piperidine rings is 1. The van der Waals surface area contributed by atoms with Gasteiger partial charge in [-0.15, -0.1) is 24.0 Å². The van der Waals surface area contributed by atoms with Gasteiger partial charge in [-0.25, -0.2) is 9.79 Å². The van der Waals surface area contributed by atoms with Gasteiger partial charge in [0.25, 0.3) is 5.91 Å². The highest BCUT2D eigenvalue weighted by atomic mass is 127. The van der Waals surface area contributed by atoms with Gasteiger partial charge >= 0.3 is 6.09 Å². The maximum absolute atomic E-state index is 11.7. The van der Waals surface area contributed by atoms with Crippen LogP contribution in [-0.2, 0) is 11.3 Å². The van der Waals surface area contributed by atoms with Crippen LogP contribution in [0.15, 0.2) is 29.3 Å². The Morgan fingerprint density at radius 3 is 2.44 bits per heavy atom. The van der Waals surface area contributed by atoms with Crippen molar-refractivity contribution < 1.29 is 14.3 Å². The second-order valence-corrected chi connectivity index (χ2v) is 6.08. The fraction of sp³-hybridized carbons (Fsp3) is 0.500. The van der Waals surface area contributed by atoms with Crippen LogP contribution < -0.4 is 16.4 Å². The molecule has 1 aliphatic heterocycles. The van der Waals surface area contributed by atoms with Gasteiger partial charge in [0, 0.05) is 31.7 Å². The number of hydrogen-bond donors (Lipinski definition) is 3. The second-order valence-electron chi connectivity index (χ2n) is 6.08. The number of nitrogens with zero attached hydrogens (tertiary/aromatic N) is 2. The first-order chi connectivity index (χ1) is 12.5. The SMILES string of the molecule is CCOC(=O)N1CCC(NC(N)=NCc2ccc(C(=O)NC)cc2)CC1.I. The maximum atomic E-state index is 11.7. The number of nitrogens with two attached hydrogens (primary N) is 1. The third kappa shape index (κ3) is 7.24. The molecule has 0 saturated carbocycles. The molecule has 4 N–H and O–H groups in total. The summed E-state index contributed by atoms with van der Waals surface area (Å²) in [5, 5.41) is 5.79. The highest BCUT2D eigenvalue weighted by Gasteiger charge is 2.23. The van der Waals surface area contributed by atoms with Gasteiger partial charge in [0.1, 0.15) is 0 Å². The second kappa shape index (κ2) is 11.6. The fourth-order valence-electron chi connectivity index (χ4n) is 2.76. The summed E-state index contributed by atoms with van der Waals surface area (Å²) in [6.45, 7) is 3.92. The number of aliphatic imine (C=N–C) groups is 1. The zero-order chi connectivity index (χ0) is 18.9. The standard InChI is InChI=1S/C18H27N5O3.HI/c1-3-26-18(25)23-10-8-15(9-11-23)22-17(19)21-12-13-4-6-14(7-5-13)16(24)20-2;/h4-7,15H,3,8-12H2,1-2H3,(H,20,24)(H3,19,21,22);1H. The van der Waals surface area contributed by atoms with E-state index < -0.39 is 0 Å². The van der Waals surface area contributed by atoms with Crippen molar-refractivity contribution in [2.45, 2.75) is 32.4 Å². The third-order valence-electron chi connectivity index (χ3n) is 4.25. The number of guanidine groups is 1. The molecule has 1 aromatic rings. The van der Waals surface area contributed by atoms with Crippen LogP contribution in [0.3, 0.4) is 0 Å². The van der Waals surface area contributed by atoms with Gasteiger partial charge in [0.05, 0.1) is 13.2 Å². The number of benzene rings is 1. The zero-order valence-corrected chi connectivity index (χ0v) is 18.1. The van der Waals surface area contributed by atoms with E-state index in [2.05, 4.69) is 15.6 Å². The van der Waals surface area contributed by atoms with Crippen molar-refractivity contribution in [3.63, 3.8) is 0 Å². The molecular formula is C18H28IN5O3. The topological polar surface area (TPSA) is 109 Å². The Kier molecular flexibility index (Phi) is 9.90. The molecule has 0 radical (unpaired) electrons. The van der Waals surface area contributed by atoms with Crippen molar-refractivity contribution in [1.29, 1.82) is 0 Å². The van der Waals surface area contributed by atoms with Gasteiger partial charge in [0.15, 0.2) is 5.96 Å². The monoisotopic (exact) mass is 489 g/mol. The number of rotatable bonds is 5. The molecule has 2 amide bonds. The van der Waals surface area contributed by atoms with Crippen molar-refractivity contribution in [2.75, 3.05) is 26.7 Å². The van der Waals surface area contributed by atoms with Crippen molar-refractivity contribution in [1.82, 2.24) is 15.5 Å². The first-order valence-corrected chi connectivity index (χ1v) is 8.82. The normalized spacial score (nSPS) is 14.9. The summed E-state index contributed by atoms with van der Waals surface area (Å²) in [4.78, 5) is 29.2. The van der Waals surface area contributed by atoms with Crippen molar-refractivity contribution in [3.8, 4) is 0 Å². The number of nitrogens with one attached hydrogen (secondary N) is 2. The van der Waals surface area contributed by atoms with E-state index >= 15 is 0 Å². The Morgan fingerprint density at radius 2 is 1.89 bits per heavy atom. The van der Waals surface area contributed by atoms with Gasteiger partial charge in [-0.1, -0.05) is 12.1 Å². The van der Waals surface area contributed by atoms with E-state index in [1.54, 1.807) is 31.0 Å². The molecule has 8 nitrogen and oxygen atoms in total. The van der Waals surface area contributed by atoms with E-state index in [0.717, 1.165) is 18.4 Å². The van der Waals surface area contributed by atoms with E-state index in [-0.39, 0.29) is 42.0 Å². The lowest BCUT2D eigenvalue weighted by atomic mass is 10.1. The number of ether oxygens (including phenoxy) is 1. The highest BCUT2D eigenvalue weighted by Crippen LogP contribution is 2.11. The molecule has 1 heterocycles. The van der Waals surface area contributed by atoms with E-state index in [0.29, 0.717) is 37.8 Å². The minimum atomic E-state index is -0.257. The summed E-state index contributed by atoms with van der Waals surface area (Å²) in [6.07, 6.45) is 1.35. The van der Waals surface area contributed by atoms with Gasteiger partial charge in [-0.05, 0) is 37.5 Å². The Labute approximate surface area is 176 Å². The summed E-state index contributed by atoms with van der Waals surface area (Å²) >= 11 is 0. The number of likely N-dealkylation sites (tertiary alicyclic amines) is 1. The maximum Gasteiger partial charge on any atom is 0.409 e. The predicted molar refractivity (Wildman–Crippen MR) is 115 cm³/mol. The summed E-state index contributed by atoms with van der Waals surface area (Å²) in [6, 6.07) is 7.44. The average molecular weight is 489 g/mol. The molecule has 1 aromatic carbocycles. The minimum absolute atomic E-state index is 0. The van der Waals surface area contributed by atoms with Crippen LogP contribution in [0.4, 0.5) is 4.79 Å². The minimum Gasteiger partial charge on any atom is -0.450 e. The molecule has 0 atom stereocenters. The first-order valence-electron chi connectivity index (χ1n) is 8.82. The van der Waals surface area contributed by atoms with Crippen LogP contribution in [0.5, 0.6) is 0 Å². The number of halogens is 1. The lowest BCUT2D eigenvalue weighted by Gasteiger charge is -2.31. The summed E-state index contributed by atoms with van der Waals surface area (Å²) in [7, 11) is 1.60. The van der Waals surface area contributed by atoms with Crippen LogP contribution in [0, 0.1) is 0 Å². The smallest absolute Gasteiger partial charge is 0.409 e. The molecule has 1 aliphatic rings. The Balaban J connectivity index is 0.00000364. The quantitative estimate of drug-likeness (QED) is 0.332. The van der Waals surface area contributed by atoms with E-state index in [4.69, 9.17) is 10.5 Å². The van der Waals surface area contributed by atoms with E-state index in [9.17, 15) is 9.59 Å². The number of carbonyl (C=O) groups is 2.